The van der Waals surface area contributed by atoms with Crippen LogP contribution in [0.25, 0.3) is 0 Å². The fourth-order valence-electron chi connectivity index (χ4n) is 5.11. The molecule has 0 saturated carbocycles. The summed E-state index contributed by atoms with van der Waals surface area (Å²) in [6, 6.07) is 4.98. The lowest BCUT2D eigenvalue weighted by atomic mass is 9.87. The maximum Gasteiger partial charge on any atom is 0.257 e. The number of H-pyrrole nitrogens is 1. The van der Waals surface area contributed by atoms with Crippen molar-refractivity contribution in [2.75, 3.05) is 18.4 Å². The molecule has 7 nitrogen and oxygen atoms in total. The highest BCUT2D eigenvalue weighted by atomic mass is 19.3. The molecule has 190 valence electrons. The molecular formula is C25H25F4N5O2. The van der Waals surface area contributed by atoms with Gasteiger partial charge in [-0.2, -0.15) is 0 Å². The van der Waals surface area contributed by atoms with Crippen molar-refractivity contribution in [1.82, 2.24) is 19.4 Å². The molecule has 2 N–H and O–H groups in total. The Morgan fingerprint density at radius 3 is 2.64 bits per heavy atom. The molecule has 0 spiro atoms. The third-order valence-corrected chi connectivity index (χ3v) is 7.10. The van der Waals surface area contributed by atoms with Crippen LogP contribution in [0.3, 0.4) is 0 Å². The van der Waals surface area contributed by atoms with Crippen molar-refractivity contribution in [2.24, 2.45) is 0 Å². The Labute approximate surface area is 204 Å². The van der Waals surface area contributed by atoms with E-state index in [9.17, 15) is 27.2 Å². The Morgan fingerprint density at radius 1 is 1.19 bits per heavy atom. The van der Waals surface area contributed by atoms with Gasteiger partial charge >= 0.3 is 0 Å². The molecule has 0 bridgehead atoms. The van der Waals surface area contributed by atoms with Crippen LogP contribution < -0.4 is 10.9 Å². The number of anilines is 1. The zero-order valence-electron chi connectivity index (χ0n) is 19.5. The number of likely N-dealkylation sites (tertiary alicyclic amines) is 1. The normalized spacial score (nSPS) is 22.2. The van der Waals surface area contributed by atoms with Crippen molar-refractivity contribution in [2.45, 2.75) is 50.1 Å². The van der Waals surface area contributed by atoms with Gasteiger partial charge in [0.05, 0.1) is 18.0 Å². The number of aromatic amines is 1. The van der Waals surface area contributed by atoms with E-state index in [4.69, 9.17) is 0 Å². The van der Waals surface area contributed by atoms with Gasteiger partial charge in [0.1, 0.15) is 17.5 Å². The van der Waals surface area contributed by atoms with Crippen LogP contribution in [0.1, 0.15) is 48.7 Å². The monoisotopic (exact) mass is 503 g/mol. The van der Waals surface area contributed by atoms with Crippen LogP contribution in [-0.4, -0.2) is 50.4 Å². The van der Waals surface area contributed by atoms with E-state index in [1.807, 2.05) is 0 Å². The molecule has 11 heteroatoms. The minimum Gasteiger partial charge on any atom is -0.329 e. The van der Waals surface area contributed by atoms with Gasteiger partial charge in [-0.15, -0.1) is 0 Å². The zero-order valence-corrected chi connectivity index (χ0v) is 19.5. The van der Waals surface area contributed by atoms with Gasteiger partial charge in [0.25, 0.3) is 5.92 Å². The first-order valence-electron chi connectivity index (χ1n) is 11.8. The summed E-state index contributed by atoms with van der Waals surface area (Å²) in [7, 11) is 0. The van der Waals surface area contributed by atoms with Crippen molar-refractivity contribution in [1.29, 1.82) is 0 Å². The summed E-state index contributed by atoms with van der Waals surface area (Å²) in [6.07, 6.45) is 3.72. The lowest BCUT2D eigenvalue weighted by Crippen LogP contribution is -2.52. The largest absolute Gasteiger partial charge is 0.329 e. The highest BCUT2D eigenvalue weighted by molar-refractivity contribution is 5.93. The van der Waals surface area contributed by atoms with E-state index >= 15 is 0 Å². The molecule has 2 aliphatic rings. The second-order valence-corrected chi connectivity index (χ2v) is 9.42. The van der Waals surface area contributed by atoms with E-state index in [-0.39, 0.29) is 24.7 Å². The summed E-state index contributed by atoms with van der Waals surface area (Å²) in [5.74, 6) is -4.87. The Hall–Kier alpha value is -3.47. The van der Waals surface area contributed by atoms with Crippen LogP contribution in [0.4, 0.5) is 23.4 Å². The smallest absolute Gasteiger partial charge is 0.257 e. The Bertz CT molecular complexity index is 1310. The molecule has 1 saturated heterocycles. The molecule has 2 aromatic heterocycles. The molecule has 2 aliphatic heterocycles. The second kappa shape index (κ2) is 9.20. The summed E-state index contributed by atoms with van der Waals surface area (Å²) in [4.78, 5) is 32.9. The first-order valence-corrected chi connectivity index (χ1v) is 11.8. The number of imidazole rings is 1. The number of fused-ring (bicyclic) bond motifs is 1. The predicted molar refractivity (Wildman–Crippen MR) is 124 cm³/mol. The third kappa shape index (κ3) is 4.67. The maximum absolute atomic E-state index is 14.7. The van der Waals surface area contributed by atoms with Gasteiger partial charge in [-0.3, -0.25) is 14.5 Å². The van der Waals surface area contributed by atoms with E-state index in [1.165, 1.54) is 30.5 Å². The second-order valence-electron chi connectivity index (χ2n) is 9.42. The van der Waals surface area contributed by atoms with Crippen molar-refractivity contribution in [3.8, 4) is 0 Å². The molecule has 5 rings (SSSR count). The predicted octanol–water partition coefficient (Wildman–Crippen LogP) is 3.84. The summed E-state index contributed by atoms with van der Waals surface area (Å²) in [5.41, 5.74) is 0.416. The lowest BCUT2D eigenvalue weighted by molar-refractivity contribution is -0.125. The first kappa shape index (κ1) is 24.2. The van der Waals surface area contributed by atoms with E-state index < -0.39 is 41.8 Å². The number of benzene rings is 1. The molecule has 36 heavy (non-hydrogen) atoms. The van der Waals surface area contributed by atoms with Gasteiger partial charge in [0.2, 0.25) is 11.5 Å². The van der Waals surface area contributed by atoms with Crippen LogP contribution >= 0.6 is 0 Å². The number of hydrogen-bond donors (Lipinski definition) is 2. The van der Waals surface area contributed by atoms with Gasteiger partial charge in [0.15, 0.2) is 5.82 Å². The van der Waals surface area contributed by atoms with Crippen LogP contribution in [0, 0.1) is 11.6 Å². The number of aromatic nitrogens is 3. The summed E-state index contributed by atoms with van der Waals surface area (Å²) < 4.78 is 58.6. The van der Waals surface area contributed by atoms with Gasteiger partial charge in [-0.05, 0) is 36.6 Å². The zero-order chi connectivity index (χ0) is 25.6. The van der Waals surface area contributed by atoms with Crippen LogP contribution in [0.5, 0.6) is 0 Å². The number of amides is 1. The number of alkyl halides is 2. The summed E-state index contributed by atoms with van der Waals surface area (Å²) >= 11 is 0. The average molecular weight is 504 g/mol. The summed E-state index contributed by atoms with van der Waals surface area (Å²) in [5, 5.41) is 2.75. The number of nitrogens with one attached hydrogen (secondary N) is 2. The number of piperidine rings is 1. The molecule has 3 aromatic rings. The van der Waals surface area contributed by atoms with Gasteiger partial charge in [-0.25, -0.2) is 22.5 Å². The lowest BCUT2D eigenvalue weighted by Gasteiger charge is -2.40. The highest BCUT2D eigenvalue weighted by Crippen LogP contribution is 2.40. The molecular weight excluding hydrogens is 478 g/mol. The number of hydrogen-bond acceptors (Lipinski definition) is 4. The number of carbonyl (C=O) groups excluding carboxylic acids is 1. The Morgan fingerprint density at radius 2 is 1.94 bits per heavy atom. The SMILES string of the molecule is CC(C(=O)Nc1cn2c(n1)CCC2c1cc(F)cc(F)c1)N1CCC(F)(F)C(c2ccc(=O)[nH]c2)C1. The van der Waals surface area contributed by atoms with Crippen LogP contribution in [0.2, 0.25) is 0 Å². The molecule has 1 amide bonds. The van der Waals surface area contributed by atoms with Crippen LogP contribution in [0.15, 0.2) is 47.5 Å². The number of nitrogens with zero attached hydrogens (tertiary/aromatic N) is 3. The molecule has 3 unspecified atom stereocenters. The fourth-order valence-corrected chi connectivity index (χ4v) is 5.11. The standard InChI is InChI=1S/C25H25F4N5O2/c1-14(33-7-6-25(28,29)19(12-33)15-2-5-23(35)30-11-15)24(36)32-21-13-34-20(3-4-22(34)31-21)16-8-17(26)10-18(27)9-16/h2,5,8-11,13-14,19-20H,3-4,6-7,12H2,1H3,(H,30,35)(H,32,36). The van der Waals surface area contributed by atoms with Crippen LogP contribution in [-0.2, 0) is 11.2 Å². The third-order valence-electron chi connectivity index (χ3n) is 7.10. The Balaban J connectivity index is 1.29. The number of rotatable bonds is 5. The number of pyridine rings is 1. The number of halogens is 4. The molecule has 1 aromatic carbocycles. The minimum absolute atomic E-state index is 0.0361. The number of carbonyl (C=O) groups is 1. The molecule has 1 fully saturated rings. The van der Waals surface area contributed by atoms with Crippen molar-refractivity contribution in [3.63, 3.8) is 0 Å². The Kier molecular flexibility index (Phi) is 6.19. The highest BCUT2D eigenvalue weighted by Gasteiger charge is 2.46. The van der Waals surface area contributed by atoms with Gasteiger partial charge in [-0.1, -0.05) is 6.07 Å². The summed E-state index contributed by atoms with van der Waals surface area (Å²) in [6.45, 7) is 1.62. The topological polar surface area (TPSA) is 83.0 Å². The molecule has 4 heterocycles. The van der Waals surface area contributed by atoms with E-state index in [2.05, 4.69) is 15.3 Å². The van der Waals surface area contributed by atoms with Crippen molar-refractivity contribution >= 4 is 11.7 Å². The van der Waals surface area contributed by atoms with E-state index in [0.717, 1.165) is 6.07 Å². The fraction of sp³-hybridized carbons (Fsp3) is 0.400. The van der Waals surface area contributed by atoms with Crippen molar-refractivity contribution in [3.05, 3.63) is 81.7 Å². The van der Waals surface area contributed by atoms with Gasteiger partial charge in [0, 0.05) is 50.5 Å². The van der Waals surface area contributed by atoms with Gasteiger partial charge < -0.3 is 14.9 Å². The molecule has 3 atom stereocenters. The average Bonchev–Trinajstić information content (AvgIpc) is 3.39. The van der Waals surface area contributed by atoms with Crippen molar-refractivity contribution < 1.29 is 22.4 Å². The van der Waals surface area contributed by atoms with E-state index in [0.29, 0.717) is 35.6 Å². The molecule has 0 aliphatic carbocycles. The number of aryl methyl sites for hydroxylation is 1. The maximum atomic E-state index is 14.7. The first-order chi connectivity index (χ1) is 17.1. The van der Waals surface area contributed by atoms with E-state index in [1.54, 1.807) is 22.6 Å². The minimum atomic E-state index is -2.97. The quantitative estimate of drug-likeness (QED) is 0.519. The molecule has 0 radical (unpaired) electrons.